The van der Waals surface area contributed by atoms with Crippen LogP contribution in [0.5, 0.6) is 0 Å². The van der Waals surface area contributed by atoms with Crippen LogP contribution in [-0.2, 0) is 0 Å². The molecule has 0 aromatic carbocycles. The SMILES string of the molecule is BP(c1ccco1)c1ccco1. The first-order valence-corrected chi connectivity index (χ1v) is 5.47. The molecule has 0 aliphatic heterocycles. The molecule has 0 unspecified atom stereocenters. The highest BCUT2D eigenvalue weighted by atomic mass is 31.1. The van der Waals surface area contributed by atoms with Gasteiger partial charge in [0.25, 0.3) is 0 Å². The summed E-state index contributed by atoms with van der Waals surface area (Å²) in [6.45, 7) is 0. The smallest absolute Gasteiger partial charge is 0.153 e. The fourth-order valence-corrected chi connectivity index (χ4v) is 2.30. The average molecular weight is 178 g/mol. The van der Waals surface area contributed by atoms with Crippen LogP contribution in [0.4, 0.5) is 0 Å². The Balaban J connectivity index is 2.27. The minimum atomic E-state index is -0.430. The van der Waals surface area contributed by atoms with Crippen molar-refractivity contribution >= 4 is 26.4 Å². The summed E-state index contributed by atoms with van der Waals surface area (Å²) in [5, 5.41) is 0. The summed E-state index contributed by atoms with van der Waals surface area (Å²) in [4.78, 5) is 0. The maximum Gasteiger partial charge on any atom is 0.153 e. The molecule has 0 saturated heterocycles. The molecule has 2 rings (SSSR count). The summed E-state index contributed by atoms with van der Waals surface area (Å²) >= 11 is 0. The third-order valence-electron chi connectivity index (χ3n) is 1.67. The van der Waals surface area contributed by atoms with Crippen LogP contribution in [-0.4, -0.2) is 7.57 Å². The van der Waals surface area contributed by atoms with Crippen molar-refractivity contribution in [1.29, 1.82) is 0 Å². The van der Waals surface area contributed by atoms with Gasteiger partial charge in [0, 0.05) is 0 Å². The van der Waals surface area contributed by atoms with E-state index < -0.39 is 7.80 Å². The minimum Gasteiger partial charge on any atom is -0.465 e. The zero-order valence-electron chi connectivity index (χ0n) is 6.73. The van der Waals surface area contributed by atoms with Crippen LogP contribution in [0.2, 0.25) is 0 Å². The molecule has 0 atom stereocenters. The van der Waals surface area contributed by atoms with Crippen LogP contribution in [0, 0.1) is 0 Å². The Hall–Kier alpha value is -0.945. The molecule has 0 bridgehead atoms. The highest BCUT2D eigenvalue weighted by molar-refractivity contribution is 7.93. The summed E-state index contributed by atoms with van der Waals surface area (Å²) in [5.74, 6) is 0. The van der Waals surface area contributed by atoms with Crippen LogP contribution < -0.4 is 11.0 Å². The molecular formula is C8H8BO2P. The molecule has 2 nitrogen and oxygen atoms in total. The zero-order valence-corrected chi connectivity index (χ0v) is 7.62. The van der Waals surface area contributed by atoms with E-state index in [1.165, 1.54) is 0 Å². The van der Waals surface area contributed by atoms with Crippen molar-refractivity contribution in [2.75, 3.05) is 0 Å². The standard InChI is InChI=1S/C8H8BO2P/c9-12(7-3-1-5-10-7)8-4-2-6-11-8/h1-6H,9H2. The van der Waals surface area contributed by atoms with Crippen LogP contribution in [0.15, 0.2) is 45.6 Å². The predicted molar refractivity (Wildman–Crippen MR) is 52.1 cm³/mol. The Labute approximate surface area is 72.7 Å². The summed E-state index contributed by atoms with van der Waals surface area (Å²) in [6.07, 6.45) is 3.38. The van der Waals surface area contributed by atoms with Gasteiger partial charge in [0.05, 0.1) is 12.5 Å². The van der Waals surface area contributed by atoms with Gasteiger partial charge in [0.2, 0.25) is 0 Å². The lowest BCUT2D eigenvalue weighted by Crippen LogP contribution is -2.07. The van der Waals surface area contributed by atoms with Gasteiger partial charge in [0.1, 0.15) is 11.0 Å². The Kier molecular flexibility index (Phi) is 2.05. The molecule has 0 radical (unpaired) electrons. The molecule has 60 valence electrons. The number of rotatable bonds is 2. The second-order valence-electron chi connectivity index (χ2n) is 2.46. The Morgan fingerprint density at radius 3 is 1.83 bits per heavy atom. The van der Waals surface area contributed by atoms with Crippen molar-refractivity contribution in [2.45, 2.75) is 0 Å². The van der Waals surface area contributed by atoms with Gasteiger partial charge in [-0.2, -0.15) is 0 Å². The van der Waals surface area contributed by atoms with E-state index in [9.17, 15) is 0 Å². The first-order chi connectivity index (χ1) is 5.88. The quantitative estimate of drug-likeness (QED) is 0.503. The average Bonchev–Trinajstić information content (AvgIpc) is 2.77. The van der Waals surface area contributed by atoms with E-state index in [2.05, 4.69) is 7.57 Å². The molecule has 0 fully saturated rings. The van der Waals surface area contributed by atoms with E-state index in [1.54, 1.807) is 12.5 Å². The topological polar surface area (TPSA) is 26.3 Å². The van der Waals surface area contributed by atoms with Crippen LogP contribution >= 0.6 is 7.80 Å². The highest BCUT2D eigenvalue weighted by Crippen LogP contribution is 2.26. The molecule has 2 aromatic heterocycles. The molecule has 2 heterocycles. The van der Waals surface area contributed by atoms with Crippen molar-refractivity contribution < 1.29 is 8.83 Å². The van der Waals surface area contributed by atoms with Crippen molar-refractivity contribution in [1.82, 2.24) is 0 Å². The van der Waals surface area contributed by atoms with Crippen molar-refractivity contribution in [3.8, 4) is 0 Å². The monoisotopic (exact) mass is 178 g/mol. The van der Waals surface area contributed by atoms with Gasteiger partial charge in [-0.3, -0.25) is 0 Å². The largest absolute Gasteiger partial charge is 0.465 e. The fraction of sp³-hybridized carbons (Fsp3) is 0. The van der Waals surface area contributed by atoms with Crippen LogP contribution in [0.25, 0.3) is 0 Å². The van der Waals surface area contributed by atoms with Gasteiger partial charge >= 0.3 is 0 Å². The lowest BCUT2D eigenvalue weighted by atomic mass is 10.7. The molecule has 0 aliphatic rings. The highest BCUT2D eigenvalue weighted by Gasteiger charge is 2.11. The summed E-state index contributed by atoms with van der Waals surface area (Å²) in [5.41, 5.74) is 2.00. The van der Waals surface area contributed by atoms with Crippen molar-refractivity contribution in [3.05, 3.63) is 36.8 Å². The summed E-state index contributed by atoms with van der Waals surface area (Å²) < 4.78 is 10.6. The molecule has 0 spiro atoms. The second-order valence-corrected chi connectivity index (χ2v) is 4.46. The maximum atomic E-state index is 5.29. The molecular weight excluding hydrogens is 170 g/mol. The van der Waals surface area contributed by atoms with Crippen molar-refractivity contribution in [2.24, 2.45) is 0 Å². The Morgan fingerprint density at radius 1 is 1.00 bits per heavy atom. The fourth-order valence-electron chi connectivity index (χ4n) is 1.03. The number of hydrogen-bond donors (Lipinski definition) is 0. The molecule has 0 saturated carbocycles. The third kappa shape index (κ3) is 1.33. The first kappa shape index (κ1) is 7.69. The minimum absolute atomic E-state index is 0.430. The maximum absolute atomic E-state index is 5.29. The van der Waals surface area contributed by atoms with Gasteiger partial charge in [-0.15, -0.1) is 0 Å². The predicted octanol–water partition coefficient (Wildman–Crippen LogP) is 0.853. The van der Waals surface area contributed by atoms with Gasteiger partial charge in [0.15, 0.2) is 7.57 Å². The lowest BCUT2D eigenvalue weighted by Gasteiger charge is -2.03. The molecule has 12 heavy (non-hydrogen) atoms. The van der Waals surface area contributed by atoms with Gasteiger partial charge in [-0.25, -0.2) is 0 Å². The number of hydrogen-bond acceptors (Lipinski definition) is 2. The van der Waals surface area contributed by atoms with Crippen molar-refractivity contribution in [3.63, 3.8) is 0 Å². The molecule has 0 amide bonds. The van der Waals surface area contributed by atoms with Crippen LogP contribution in [0.3, 0.4) is 0 Å². The molecule has 2 aromatic rings. The van der Waals surface area contributed by atoms with E-state index in [4.69, 9.17) is 8.83 Å². The Bertz CT molecular complexity index is 294. The first-order valence-electron chi connectivity index (χ1n) is 3.68. The molecule has 4 heteroatoms. The summed E-state index contributed by atoms with van der Waals surface area (Å²) in [6, 6.07) is 7.76. The van der Waals surface area contributed by atoms with E-state index in [1.807, 2.05) is 24.3 Å². The van der Waals surface area contributed by atoms with E-state index in [0.29, 0.717) is 0 Å². The van der Waals surface area contributed by atoms with Gasteiger partial charge in [-0.05, 0) is 32.1 Å². The zero-order chi connectivity index (χ0) is 8.39. The summed E-state index contributed by atoms with van der Waals surface area (Å²) in [7, 11) is 1.69. The van der Waals surface area contributed by atoms with Gasteiger partial charge < -0.3 is 8.83 Å². The normalized spacial score (nSPS) is 10.8. The third-order valence-corrected chi connectivity index (χ3v) is 3.50. The van der Waals surface area contributed by atoms with Crippen LogP contribution in [0.1, 0.15) is 0 Å². The van der Waals surface area contributed by atoms with E-state index in [-0.39, 0.29) is 0 Å². The molecule has 0 N–H and O–H groups in total. The van der Waals surface area contributed by atoms with E-state index >= 15 is 0 Å². The Morgan fingerprint density at radius 2 is 1.50 bits per heavy atom. The van der Waals surface area contributed by atoms with E-state index in [0.717, 1.165) is 11.0 Å². The van der Waals surface area contributed by atoms with Gasteiger partial charge in [-0.1, -0.05) is 0 Å². The second kappa shape index (κ2) is 3.20. The molecule has 0 aliphatic carbocycles. The number of furan rings is 2. The lowest BCUT2D eigenvalue weighted by molar-refractivity contribution is 0.594.